The van der Waals surface area contributed by atoms with E-state index in [0.717, 1.165) is 11.4 Å². The zero-order valence-corrected chi connectivity index (χ0v) is 12.4. The van der Waals surface area contributed by atoms with Gasteiger partial charge in [-0.1, -0.05) is 41.9 Å². The average Bonchev–Trinajstić information content (AvgIpc) is 2.93. The summed E-state index contributed by atoms with van der Waals surface area (Å²) in [4.78, 5) is 0. The predicted molar refractivity (Wildman–Crippen MR) is 87.0 cm³/mol. The van der Waals surface area contributed by atoms with Crippen LogP contribution in [-0.2, 0) is 6.42 Å². The molecule has 0 amide bonds. The number of halogens is 1. The van der Waals surface area contributed by atoms with Gasteiger partial charge >= 0.3 is 0 Å². The van der Waals surface area contributed by atoms with Gasteiger partial charge in [-0.3, -0.25) is 11.3 Å². The molecule has 102 valence electrons. The average molecular weight is 303 g/mol. The fraction of sp³-hybridized carbons (Fsp3) is 0.125. The van der Waals surface area contributed by atoms with Crippen molar-refractivity contribution in [2.75, 3.05) is 0 Å². The summed E-state index contributed by atoms with van der Waals surface area (Å²) in [5, 5.41) is 4.13. The zero-order chi connectivity index (χ0) is 13.9. The quantitative estimate of drug-likeness (QED) is 0.557. The van der Waals surface area contributed by atoms with Gasteiger partial charge in [0.25, 0.3) is 0 Å². The maximum atomic E-state index is 6.05. The van der Waals surface area contributed by atoms with Gasteiger partial charge in [-0.2, -0.15) is 0 Å². The van der Waals surface area contributed by atoms with Crippen LogP contribution in [0.5, 0.6) is 0 Å². The highest BCUT2D eigenvalue weighted by Gasteiger charge is 2.14. The Morgan fingerprint density at radius 1 is 1.15 bits per heavy atom. The lowest BCUT2D eigenvalue weighted by Crippen LogP contribution is -2.29. The number of hydrogen-bond acceptors (Lipinski definition) is 3. The number of rotatable bonds is 4. The first-order valence-corrected chi connectivity index (χ1v) is 7.70. The van der Waals surface area contributed by atoms with E-state index in [0.29, 0.717) is 0 Å². The van der Waals surface area contributed by atoms with Gasteiger partial charge in [0.05, 0.1) is 6.04 Å². The number of benzene rings is 2. The summed E-state index contributed by atoms with van der Waals surface area (Å²) >= 11 is 7.80. The normalized spacial score (nSPS) is 12.7. The molecule has 0 radical (unpaired) electrons. The molecule has 1 heterocycles. The van der Waals surface area contributed by atoms with Crippen molar-refractivity contribution in [3.8, 4) is 0 Å². The van der Waals surface area contributed by atoms with E-state index < -0.39 is 0 Å². The van der Waals surface area contributed by atoms with E-state index in [1.807, 2.05) is 18.2 Å². The first kappa shape index (κ1) is 13.6. The van der Waals surface area contributed by atoms with Gasteiger partial charge in [0.2, 0.25) is 0 Å². The molecule has 4 heteroatoms. The van der Waals surface area contributed by atoms with Crippen LogP contribution in [0.2, 0.25) is 5.02 Å². The predicted octanol–water partition coefficient (Wildman–Crippen LogP) is 4.30. The summed E-state index contributed by atoms with van der Waals surface area (Å²) in [6.45, 7) is 0. The summed E-state index contributed by atoms with van der Waals surface area (Å²) in [6.07, 6.45) is 0.814. The van der Waals surface area contributed by atoms with Crippen LogP contribution in [0.15, 0.2) is 53.9 Å². The van der Waals surface area contributed by atoms with E-state index in [-0.39, 0.29) is 6.04 Å². The summed E-state index contributed by atoms with van der Waals surface area (Å²) in [5.74, 6) is 5.77. The lowest BCUT2D eigenvalue weighted by molar-refractivity contribution is 0.556. The Kier molecular flexibility index (Phi) is 4.03. The molecule has 0 aliphatic heterocycles. The van der Waals surface area contributed by atoms with Crippen LogP contribution in [0.3, 0.4) is 0 Å². The number of hydrazine groups is 1. The minimum absolute atomic E-state index is 0.0795. The molecule has 3 rings (SSSR count). The van der Waals surface area contributed by atoms with Gasteiger partial charge in [0.1, 0.15) is 0 Å². The van der Waals surface area contributed by atoms with Crippen molar-refractivity contribution in [3.63, 3.8) is 0 Å². The molecular formula is C16H15ClN2S. The van der Waals surface area contributed by atoms with Gasteiger partial charge < -0.3 is 0 Å². The Morgan fingerprint density at radius 2 is 2.00 bits per heavy atom. The first-order valence-electron chi connectivity index (χ1n) is 6.44. The smallest absolute Gasteiger partial charge is 0.0514 e. The Balaban J connectivity index is 1.95. The standard InChI is InChI=1S/C16H15ClN2S/c17-13-5-1-3-11(9-13)10-15(19-18)14-6-2-4-12-7-8-20-16(12)14/h1-9,15,19H,10,18H2. The van der Waals surface area contributed by atoms with E-state index in [1.165, 1.54) is 21.2 Å². The molecule has 1 atom stereocenters. The number of fused-ring (bicyclic) bond motifs is 1. The summed E-state index contributed by atoms with van der Waals surface area (Å²) in [6, 6.07) is 16.5. The Morgan fingerprint density at radius 3 is 2.80 bits per heavy atom. The maximum Gasteiger partial charge on any atom is 0.0514 e. The van der Waals surface area contributed by atoms with E-state index in [1.54, 1.807) is 11.3 Å². The summed E-state index contributed by atoms with van der Waals surface area (Å²) in [5.41, 5.74) is 5.34. The first-order chi connectivity index (χ1) is 9.78. The highest BCUT2D eigenvalue weighted by atomic mass is 35.5. The lowest BCUT2D eigenvalue weighted by atomic mass is 9.98. The third-order valence-electron chi connectivity index (χ3n) is 3.41. The molecule has 0 bridgehead atoms. The molecule has 0 aliphatic rings. The fourth-order valence-electron chi connectivity index (χ4n) is 2.45. The Hall–Kier alpha value is -1.39. The van der Waals surface area contributed by atoms with E-state index >= 15 is 0 Å². The number of nitrogens with one attached hydrogen (secondary N) is 1. The van der Waals surface area contributed by atoms with Crippen LogP contribution in [0, 0.1) is 0 Å². The second-order valence-corrected chi connectivity index (χ2v) is 6.09. The van der Waals surface area contributed by atoms with Crippen molar-refractivity contribution < 1.29 is 0 Å². The molecule has 1 unspecified atom stereocenters. The van der Waals surface area contributed by atoms with Crippen molar-refractivity contribution >= 4 is 33.0 Å². The molecule has 0 spiro atoms. The minimum Gasteiger partial charge on any atom is -0.271 e. The lowest BCUT2D eigenvalue weighted by Gasteiger charge is -2.17. The Labute approximate surface area is 127 Å². The van der Waals surface area contributed by atoms with Crippen LogP contribution in [-0.4, -0.2) is 0 Å². The van der Waals surface area contributed by atoms with Crippen LogP contribution in [0.25, 0.3) is 10.1 Å². The third kappa shape index (κ3) is 2.72. The minimum atomic E-state index is 0.0795. The molecule has 3 aromatic rings. The zero-order valence-electron chi connectivity index (χ0n) is 10.8. The van der Waals surface area contributed by atoms with Crippen molar-refractivity contribution in [2.45, 2.75) is 12.5 Å². The molecule has 0 saturated carbocycles. The van der Waals surface area contributed by atoms with E-state index in [2.05, 4.69) is 41.1 Å². The van der Waals surface area contributed by atoms with Crippen LogP contribution in [0.1, 0.15) is 17.2 Å². The van der Waals surface area contributed by atoms with Crippen LogP contribution >= 0.6 is 22.9 Å². The van der Waals surface area contributed by atoms with Gasteiger partial charge in [-0.05, 0) is 46.5 Å². The molecule has 3 N–H and O–H groups in total. The number of nitrogens with two attached hydrogens (primary N) is 1. The molecule has 0 fully saturated rings. The molecule has 1 aromatic heterocycles. The monoisotopic (exact) mass is 302 g/mol. The molecule has 20 heavy (non-hydrogen) atoms. The van der Waals surface area contributed by atoms with Crippen molar-refractivity contribution in [3.05, 3.63) is 70.1 Å². The highest BCUT2D eigenvalue weighted by Crippen LogP contribution is 2.30. The Bertz CT molecular complexity index is 723. The second kappa shape index (κ2) is 5.94. The fourth-order valence-corrected chi connectivity index (χ4v) is 3.63. The SMILES string of the molecule is NNC(Cc1cccc(Cl)c1)c1cccc2ccsc12. The molecular weight excluding hydrogens is 288 g/mol. The molecule has 2 aromatic carbocycles. The molecule has 2 nitrogen and oxygen atoms in total. The maximum absolute atomic E-state index is 6.05. The van der Waals surface area contributed by atoms with Crippen molar-refractivity contribution in [1.29, 1.82) is 0 Å². The number of thiophene rings is 1. The van der Waals surface area contributed by atoms with Gasteiger partial charge in [-0.15, -0.1) is 11.3 Å². The van der Waals surface area contributed by atoms with E-state index in [9.17, 15) is 0 Å². The summed E-state index contributed by atoms with van der Waals surface area (Å²) in [7, 11) is 0. The largest absolute Gasteiger partial charge is 0.271 e. The van der Waals surface area contributed by atoms with Crippen molar-refractivity contribution in [1.82, 2.24) is 5.43 Å². The second-order valence-electron chi connectivity index (χ2n) is 4.74. The van der Waals surface area contributed by atoms with Crippen LogP contribution < -0.4 is 11.3 Å². The van der Waals surface area contributed by atoms with Gasteiger partial charge in [-0.25, -0.2) is 0 Å². The summed E-state index contributed by atoms with van der Waals surface area (Å²) < 4.78 is 1.29. The van der Waals surface area contributed by atoms with Gasteiger partial charge in [0, 0.05) is 9.72 Å². The number of hydrogen-bond donors (Lipinski definition) is 2. The van der Waals surface area contributed by atoms with Crippen LogP contribution in [0.4, 0.5) is 0 Å². The van der Waals surface area contributed by atoms with Gasteiger partial charge in [0.15, 0.2) is 0 Å². The molecule has 0 aliphatic carbocycles. The molecule has 0 saturated heterocycles. The topological polar surface area (TPSA) is 38.0 Å². The highest BCUT2D eigenvalue weighted by molar-refractivity contribution is 7.17. The van der Waals surface area contributed by atoms with E-state index in [4.69, 9.17) is 17.4 Å². The van der Waals surface area contributed by atoms with Crippen molar-refractivity contribution in [2.24, 2.45) is 5.84 Å². The third-order valence-corrected chi connectivity index (χ3v) is 4.63.